The zero-order valence-electron chi connectivity index (χ0n) is 13.9. The molecule has 25 heavy (non-hydrogen) atoms. The molecule has 0 atom stereocenters. The van der Waals surface area contributed by atoms with Crippen molar-refractivity contribution in [3.63, 3.8) is 0 Å². The lowest BCUT2D eigenvalue weighted by molar-refractivity contribution is 0.383. The third-order valence-corrected chi connectivity index (χ3v) is 6.33. The molecule has 0 amide bonds. The van der Waals surface area contributed by atoms with Crippen LogP contribution in [-0.2, 0) is 10.0 Å². The second kappa shape index (κ2) is 6.12. The van der Waals surface area contributed by atoms with Crippen molar-refractivity contribution in [1.82, 2.24) is 18.9 Å². The summed E-state index contributed by atoms with van der Waals surface area (Å²) in [5.41, 5.74) is 1.72. The fraction of sp³-hybridized carbons (Fsp3) is 0.294. The topological polar surface area (TPSA) is 70.8 Å². The fourth-order valence-electron chi connectivity index (χ4n) is 3.14. The molecular weight excluding hydrogens is 338 g/mol. The molecule has 2 aromatic heterocycles. The highest BCUT2D eigenvalue weighted by Gasteiger charge is 2.29. The van der Waals surface area contributed by atoms with Crippen LogP contribution in [0.4, 0.5) is 5.82 Å². The van der Waals surface area contributed by atoms with Gasteiger partial charge in [0.05, 0.1) is 11.1 Å². The van der Waals surface area contributed by atoms with Gasteiger partial charge in [0.2, 0.25) is 10.0 Å². The van der Waals surface area contributed by atoms with Gasteiger partial charge < -0.3 is 4.90 Å². The molecule has 0 N–H and O–H groups in total. The first kappa shape index (κ1) is 16.0. The molecule has 0 bridgehead atoms. The molecule has 8 heteroatoms. The third kappa shape index (κ3) is 2.87. The van der Waals surface area contributed by atoms with Gasteiger partial charge in [-0.05, 0) is 19.1 Å². The lowest BCUT2D eigenvalue weighted by Gasteiger charge is -2.35. The number of benzene rings is 1. The molecule has 130 valence electrons. The number of aromatic nitrogens is 3. The van der Waals surface area contributed by atoms with Crippen molar-refractivity contribution in [2.24, 2.45) is 0 Å². The first-order valence-corrected chi connectivity index (χ1v) is 9.61. The summed E-state index contributed by atoms with van der Waals surface area (Å²) in [6.45, 7) is 4.07. The first-order chi connectivity index (χ1) is 12.1. The Hall–Kier alpha value is -2.45. The summed E-state index contributed by atoms with van der Waals surface area (Å²) in [6, 6.07) is 12.4. The van der Waals surface area contributed by atoms with Crippen molar-refractivity contribution >= 4 is 21.5 Å². The average Bonchev–Trinajstić information content (AvgIpc) is 3.10. The van der Waals surface area contributed by atoms with E-state index in [-0.39, 0.29) is 0 Å². The Balaban J connectivity index is 1.56. The normalized spacial score (nSPS) is 16.4. The SMILES string of the molecule is Cc1cc(N2CCN(S(=O)(=O)c3ccccc3)CC2)n2nccc2n1. The number of hydrogen-bond donors (Lipinski definition) is 0. The van der Waals surface area contributed by atoms with Crippen LogP contribution in [0.5, 0.6) is 0 Å². The second-order valence-electron chi connectivity index (χ2n) is 6.06. The van der Waals surface area contributed by atoms with Gasteiger partial charge in [0.25, 0.3) is 0 Å². The van der Waals surface area contributed by atoms with E-state index in [1.165, 1.54) is 0 Å². The number of sulfonamides is 1. The van der Waals surface area contributed by atoms with Crippen LogP contribution in [0.25, 0.3) is 5.65 Å². The molecule has 4 rings (SSSR count). The minimum absolute atomic E-state index is 0.345. The first-order valence-electron chi connectivity index (χ1n) is 8.17. The molecule has 3 aromatic rings. The van der Waals surface area contributed by atoms with Crippen LogP contribution in [0.1, 0.15) is 5.69 Å². The van der Waals surface area contributed by atoms with Crippen LogP contribution in [0.2, 0.25) is 0 Å². The monoisotopic (exact) mass is 357 g/mol. The molecule has 0 saturated carbocycles. The molecular formula is C17H19N5O2S. The van der Waals surface area contributed by atoms with E-state index in [1.54, 1.807) is 39.3 Å². The molecule has 7 nitrogen and oxygen atoms in total. The van der Waals surface area contributed by atoms with E-state index in [2.05, 4.69) is 15.0 Å². The minimum atomic E-state index is -3.44. The Labute approximate surface area is 146 Å². The molecule has 0 unspecified atom stereocenters. The van der Waals surface area contributed by atoms with Gasteiger partial charge in [-0.2, -0.15) is 13.9 Å². The van der Waals surface area contributed by atoms with Crippen LogP contribution in [0.15, 0.2) is 53.6 Å². The standard InChI is InChI=1S/C17H19N5O2S/c1-14-13-17(22-16(19-14)7-8-18-22)20-9-11-21(12-10-20)25(23,24)15-5-3-2-4-6-15/h2-8,13H,9-12H2,1H3. The quantitative estimate of drug-likeness (QED) is 0.711. The molecule has 1 aromatic carbocycles. The van der Waals surface area contributed by atoms with Crippen molar-refractivity contribution in [3.8, 4) is 0 Å². The zero-order chi connectivity index (χ0) is 17.4. The molecule has 0 aliphatic carbocycles. The maximum Gasteiger partial charge on any atom is 0.243 e. The highest BCUT2D eigenvalue weighted by atomic mass is 32.2. The van der Waals surface area contributed by atoms with E-state index in [0.29, 0.717) is 31.1 Å². The predicted octanol–water partition coefficient (Wildman–Crippen LogP) is 1.55. The van der Waals surface area contributed by atoms with Crippen LogP contribution in [0, 0.1) is 6.92 Å². The summed E-state index contributed by atoms with van der Waals surface area (Å²) in [5, 5.41) is 4.33. The number of piperazine rings is 1. The maximum absolute atomic E-state index is 12.7. The summed E-state index contributed by atoms with van der Waals surface area (Å²) >= 11 is 0. The van der Waals surface area contributed by atoms with Gasteiger partial charge >= 0.3 is 0 Å². The van der Waals surface area contributed by atoms with Crippen LogP contribution in [-0.4, -0.2) is 53.5 Å². The largest absolute Gasteiger partial charge is 0.354 e. The highest BCUT2D eigenvalue weighted by Crippen LogP contribution is 2.22. The van der Waals surface area contributed by atoms with Gasteiger partial charge in [-0.1, -0.05) is 18.2 Å². The predicted molar refractivity (Wildman–Crippen MR) is 95.1 cm³/mol. The summed E-state index contributed by atoms with van der Waals surface area (Å²) in [7, 11) is -3.44. The van der Waals surface area contributed by atoms with E-state index in [0.717, 1.165) is 17.2 Å². The number of aryl methyl sites for hydroxylation is 1. The van der Waals surface area contributed by atoms with Crippen LogP contribution < -0.4 is 4.90 Å². The second-order valence-corrected chi connectivity index (χ2v) is 8.00. The number of rotatable bonds is 3. The van der Waals surface area contributed by atoms with Crippen LogP contribution in [0.3, 0.4) is 0 Å². The minimum Gasteiger partial charge on any atom is -0.354 e. The highest BCUT2D eigenvalue weighted by molar-refractivity contribution is 7.89. The molecule has 3 heterocycles. The number of anilines is 1. The lowest BCUT2D eigenvalue weighted by Crippen LogP contribution is -2.49. The Morgan fingerprint density at radius 2 is 1.72 bits per heavy atom. The van der Waals surface area contributed by atoms with Gasteiger partial charge in [0, 0.05) is 44.0 Å². The van der Waals surface area contributed by atoms with E-state index in [4.69, 9.17) is 0 Å². The number of fused-ring (bicyclic) bond motifs is 1. The van der Waals surface area contributed by atoms with Crippen molar-refractivity contribution in [2.45, 2.75) is 11.8 Å². The van der Waals surface area contributed by atoms with Gasteiger partial charge in [-0.3, -0.25) is 0 Å². The zero-order valence-corrected chi connectivity index (χ0v) is 14.7. The van der Waals surface area contributed by atoms with E-state index < -0.39 is 10.0 Å². The Kier molecular flexibility index (Phi) is 3.93. The molecule has 1 aliphatic heterocycles. The van der Waals surface area contributed by atoms with E-state index in [9.17, 15) is 8.42 Å². The Morgan fingerprint density at radius 3 is 2.44 bits per heavy atom. The smallest absolute Gasteiger partial charge is 0.243 e. The number of nitrogens with zero attached hydrogens (tertiary/aromatic N) is 5. The van der Waals surface area contributed by atoms with Crippen molar-refractivity contribution in [1.29, 1.82) is 0 Å². The maximum atomic E-state index is 12.7. The summed E-state index contributed by atoms with van der Waals surface area (Å²) in [6.07, 6.45) is 1.72. The van der Waals surface area contributed by atoms with Crippen molar-refractivity contribution < 1.29 is 8.42 Å². The molecule has 0 spiro atoms. The van der Waals surface area contributed by atoms with Gasteiger partial charge in [0.1, 0.15) is 5.82 Å². The van der Waals surface area contributed by atoms with Crippen molar-refractivity contribution in [2.75, 3.05) is 31.1 Å². The summed E-state index contributed by atoms with van der Waals surface area (Å²) < 4.78 is 28.8. The van der Waals surface area contributed by atoms with Crippen molar-refractivity contribution in [3.05, 3.63) is 54.4 Å². The molecule has 0 radical (unpaired) electrons. The summed E-state index contributed by atoms with van der Waals surface area (Å²) in [4.78, 5) is 6.96. The molecule has 1 aliphatic rings. The Morgan fingerprint density at radius 1 is 1.00 bits per heavy atom. The van der Waals surface area contributed by atoms with Gasteiger partial charge in [-0.15, -0.1) is 0 Å². The molecule has 1 fully saturated rings. The van der Waals surface area contributed by atoms with Gasteiger partial charge in [-0.25, -0.2) is 13.4 Å². The lowest BCUT2D eigenvalue weighted by atomic mass is 10.3. The fourth-order valence-corrected chi connectivity index (χ4v) is 4.59. The summed E-state index contributed by atoms with van der Waals surface area (Å²) in [5.74, 6) is 0.948. The third-order valence-electron chi connectivity index (χ3n) is 4.41. The average molecular weight is 357 g/mol. The molecule has 1 saturated heterocycles. The van der Waals surface area contributed by atoms with Crippen LogP contribution >= 0.6 is 0 Å². The number of hydrogen-bond acceptors (Lipinski definition) is 5. The Bertz CT molecular complexity index is 992. The van der Waals surface area contributed by atoms with Gasteiger partial charge in [0.15, 0.2) is 5.65 Å². The van der Waals surface area contributed by atoms with E-state index >= 15 is 0 Å². The van der Waals surface area contributed by atoms with E-state index in [1.807, 2.05) is 25.1 Å².